The van der Waals surface area contributed by atoms with Crippen molar-refractivity contribution in [2.75, 3.05) is 13.1 Å². The van der Waals surface area contributed by atoms with E-state index < -0.39 is 17.2 Å². The van der Waals surface area contributed by atoms with Crippen LogP contribution in [0.15, 0.2) is 48.0 Å². The van der Waals surface area contributed by atoms with Gasteiger partial charge in [0.25, 0.3) is 0 Å². The molecule has 0 aliphatic carbocycles. The van der Waals surface area contributed by atoms with Crippen molar-refractivity contribution in [2.24, 2.45) is 4.99 Å². The van der Waals surface area contributed by atoms with Gasteiger partial charge in [-0.2, -0.15) is 0 Å². The van der Waals surface area contributed by atoms with Crippen molar-refractivity contribution >= 4 is 12.1 Å². The van der Waals surface area contributed by atoms with Crippen LogP contribution in [0.3, 0.4) is 0 Å². The van der Waals surface area contributed by atoms with Gasteiger partial charge in [-0.15, -0.1) is 0 Å². The molecule has 2 aromatic rings. The van der Waals surface area contributed by atoms with Crippen molar-refractivity contribution in [3.05, 3.63) is 48.5 Å². The van der Waals surface area contributed by atoms with Crippen LogP contribution in [0.1, 0.15) is 47.1 Å². The van der Waals surface area contributed by atoms with Crippen LogP contribution in [0.5, 0.6) is 0 Å². The topological polar surface area (TPSA) is 92.6 Å². The number of aliphatic imine (C=N–C) groups is 1. The minimum absolute atomic E-state index is 0.439. The van der Waals surface area contributed by atoms with Crippen molar-refractivity contribution in [3.8, 4) is 5.69 Å². The quantitative estimate of drug-likeness (QED) is 0.478. The molecule has 0 bridgehead atoms. The summed E-state index contributed by atoms with van der Waals surface area (Å²) in [6, 6.07) is 8.09. The highest BCUT2D eigenvalue weighted by molar-refractivity contribution is 5.80. The van der Waals surface area contributed by atoms with E-state index in [0.717, 1.165) is 17.8 Å². The van der Waals surface area contributed by atoms with Gasteiger partial charge in [-0.05, 0) is 53.2 Å². The number of alkyl carbamates (subject to hydrolysis) is 1. The number of aromatic nitrogens is 2. The Balaban J connectivity index is 2.02. The number of guanidine groups is 1. The van der Waals surface area contributed by atoms with Crippen molar-refractivity contribution in [1.29, 1.82) is 0 Å². The summed E-state index contributed by atoms with van der Waals surface area (Å²) in [6.45, 7) is 13.1. The van der Waals surface area contributed by atoms with Gasteiger partial charge >= 0.3 is 6.09 Å². The van der Waals surface area contributed by atoms with E-state index in [1.165, 1.54) is 0 Å². The molecule has 0 fully saturated rings. The summed E-state index contributed by atoms with van der Waals surface area (Å²) in [5, 5.41) is 9.45. The van der Waals surface area contributed by atoms with E-state index in [-0.39, 0.29) is 0 Å². The van der Waals surface area contributed by atoms with Crippen LogP contribution in [0, 0.1) is 0 Å². The van der Waals surface area contributed by atoms with Gasteiger partial charge in [0.2, 0.25) is 0 Å². The number of amides is 1. The van der Waals surface area contributed by atoms with E-state index in [0.29, 0.717) is 19.0 Å². The van der Waals surface area contributed by atoms with Crippen LogP contribution in [0.25, 0.3) is 5.69 Å². The molecule has 1 aromatic heterocycles. The van der Waals surface area contributed by atoms with E-state index in [1.807, 2.05) is 70.5 Å². The number of hydrogen-bond donors (Lipinski definition) is 3. The lowest BCUT2D eigenvalue weighted by molar-refractivity contribution is 0.0474. The number of carbonyl (C=O) groups is 1. The smallest absolute Gasteiger partial charge is 0.408 e. The molecule has 0 radical (unpaired) electrons. The van der Waals surface area contributed by atoms with Gasteiger partial charge in [-0.3, -0.25) is 0 Å². The van der Waals surface area contributed by atoms with Crippen molar-refractivity contribution in [1.82, 2.24) is 25.5 Å². The maximum absolute atomic E-state index is 12.1. The first-order valence-electron chi connectivity index (χ1n) is 10.2. The van der Waals surface area contributed by atoms with E-state index in [1.54, 1.807) is 12.5 Å². The predicted octanol–water partition coefficient (Wildman–Crippen LogP) is 3.23. The first-order chi connectivity index (χ1) is 14.1. The van der Waals surface area contributed by atoms with E-state index in [4.69, 9.17) is 9.73 Å². The van der Waals surface area contributed by atoms with Gasteiger partial charge < -0.3 is 25.3 Å². The molecular formula is C22H34N6O2. The summed E-state index contributed by atoms with van der Waals surface area (Å²) in [6.07, 6.45) is 5.00. The fourth-order valence-electron chi connectivity index (χ4n) is 2.73. The summed E-state index contributed by atoms with van der Waals surface area (Å²) in [4.78, 5) is 20.9. The molecule has 0 saturated heterocycles. The van der Waals surface area contributed by atoms with Gasteiger partial charge in [0.15, 0.2) is 5.96 Å². The van der Waals surface area contributed by atoms with Crippen molar-refractivity contribution in [2.45, 2.75) is 59.2 Å². The predicted molar refractivity (Wildman–Crippen MR) is 120 cm³/mol. The maximum atomic E-state index is 12.1. The molecule has 1 aromatic carbocycles. The van der Waals surface area contributed by atoms with Crippen molar-refractivity contribution in [3.63, 3.8) is 0 Å². The number of nitrogens with one attached hydrogen (secondary N) is 3. The van der Waals surface area contributed by atoms with Crippen LogP contribution < -0.4 is 16.0 Å². The second kappa shape index (κ2) is 10.1. The number of para-hydroxylation sites is 1. The lowest BCUT2D eigenvalue weighted by Gasteiger charge is -2.29. The molecule has 0 spiro atoms. The number of benzene rings is 1. The number of carbonyl (C=O) groups excluding carboxylic acids is 1. The zero-order chi connectivity index (χ0) is 22.2. The van der Waals surface area contributed by atoms with Crippen LogP contribution in [0.2, 0.25) is 0 Å². The fourth-order valence-corrected chi connectivity index (χ4v) is 2.73. The number of rotatable bonds is 7. The zero-order valence-corrected chi connectivity index (χ0v) is 18.8. The minimum atomic E-state index is -0.535. The highest BCUT2D eigenvalue weighted by Crippen LogP contribution is 2.15. The normalized spacial score (nSPS) is 12.4. The highest BCUT2D eigenvalue weighted by atomic mass is 16.6. The Bertz CT molecular complexity index is 838. The van der Waals surface area contributed by atoms with Gasteiger partial charge in [0, 0.05) is 25.5 Å². The third-order valence-electron chi connectivity index (χ3n) is 4.06. The van der Waals surface area contributed by atoms with Crippen molar-refractivity contribution < 1.29 is 9.53 Å². The Morgan fingerprint density at radius 2 is 1.90 bits per heavy atom. The molecule has 0 unspecified atom stereocenters. The Labute approximate surface area is 179 Å². The summed E-state index contributed by atoms with van der Waals surface area (Å²) < 4.78 is 7.32. The number of hydrogen-bond acceptors (Lipinski definition) is 4. The molecule has 8 heteroatoms. The van der Waals surface area contributed by atoms with Crippen LogP contribution >= 0.6 is 0 Å². The Morgan fingerprint density at radius 3 is 2.53 bits per heavy atom. The van der Waals surface area contributed by atoms with E-state index in [2.05, 4.69) is 27.0 Å². The Kier molecular flexibility index (Phi) is 7.86. The second-order valence-corrected chi connectivity index (χ2v) is 8.66. The molecule has 2 rings (SSSR count). The summed E-state index contributed by atoms with van der Waals surface area (Å²) in [5.41, 5.74) is 1.07. The molecule has 0 aliphatic heterocycles. The van der Waals surface area contributed by atoms with E-state index in [9.17, 15) is 4.79 Å². The summed E-state index contributed by atoms with van der Waals surface area (Å²) in [7, 11) is 0. The SMILES string of the molecule is CCNC(=NCc1ccccc1-n1ccnc1)NCC(C)(C)NC(=O)OC(C)(C)C. The highest BCUT2D eigenvalue weighted by Gasteiger charge is 2.24. The first-order valence-corrected chi connectivity index (χ1v) is 10.2. The molecule has 8 nitrogen and oxygen atoms in total. The van der Waals surface area contributed by atoms with Gasteiger partial charge in [0.05, 0.1) is 24.1 Å². The molecule has 0 saturated carbocycles. The maximum Gasteiger partial charge on any atom is 0.408 e. The van der Waals surface area contributed by atoms with Crippen LogP contribution in [0.4, 0.5) is 4.79 Å². The number of ether oxygens (including phenoxy) is 1. The zero-order valence-electron chi connectivity index (χ0n) is 18.8. The average Bonchev–Trinajstić information content (AvgIpc) is 3.16. The number of nitrogens with zero attached hydrogens (tertiary/aromatic N) is 3. The molecule has 1 amide bonds. The molecule has 0 atom stereocenters. The monoisotopic (exact) mass is 414 g/mol. The Morgan fingerprint density at radius 1 is 1.17 bits per heavy atom. The third-order valence-corrected chi connectivity index (χ3v) is 4.06. The molecule has 164 valence electrons. The largest absolute Gasteiger partial charge is 0.444 e. The third kappa shape index (κ3) is 7.77. The lowest BCUT2D eigenvalue weighted by Crippen LogP contribution is -2.54. The van der Waals surface area contributed by atoms with Gasteiger partial charge in [-0.25, -0.2) is 14.8 Å². The van der Waals surface area contributed by atoms with Gasteiger partial charge in [-0.1, -0.05) is 18.2 Å². The second-order valence-electron chi connectivity index (χ2n) is 8.66. The molecule has 3 N–H and O–H groups in total. The standard InChI is InChI=1S/C22H34N6O2/c1-7-24-19(26-15-22(5,6)27-20(29)30-21(2,3)4)25-14-17-10-8-9-11-18(17)28-13-12-23-16-28/h8-13,16H,7,14-15H2,1-6H3,(H,27,29)(H2,24,25,26). The summed E-state index contributed by atoms with van der Waals surface area (Å²) >= 11 is 0. The lowest BCUT2D eigenvalue weighted by atomic mass is 10.1. The fraction of sp³-hybridized carbons (Fsp3) is 0.500. The molecule has 30 heavy (non-hydrogen) atoms. The minimum Gasteiger partial charge on any atom is -0.444 e. The van der Waals surface area contributed by atoms with Crippen LogP contribution in [-0.4, -0.2) is 45.8 Å². The average molecular weight is 415 g/mol. The van der Waals surface area contributed by atoms with Gasteiger partial charge in [0.1, 0.15) is 5.60 Å². The summed E-state index contributed by atoms with van der Waals surface area (Å²) in [5.74, 6) is 0.678. The van der Waals surface area contributed by atoms with Crippen LogP contribution in [-0.2, 0) is 11.3 Å². The number of imidazole rings is 1. The molecular weight excluding hydrogens is 380 g/mol. The molecule has 0 aliphatic rings. The van der Waals surface area contributed by atoms with E-state index >= 15 is 0 Å². The molecule has 1 heterocycles. The first kappa shape index (κ1) is 23.3. The Hall–Kier alpha value is -3.03.